The van der Waals surface area contributed by atoms with Gasteiger partial charge in [-0.15, -0.1) is 0 Å². The molecule has 2 aromatic rings. The van der Waals surface area contributed by atoms with Crippen LogP contribution in [0.2, 0.25) is 0 Å². The van der Waals surface area contributed by atoms with Crippen LogP contribution in [0.25, 0.3) is 0 Å². The fourth-order valence-corrected chi connectivity index (χ4v) is 4.55. The molecule has 3 heterocycles. The molecule has 2 atom stereocenters. The van der Waals surface area contributed by atoms with Gasteiger partial charge in [-0.1, -0.05) is 6.92 Å². The molecule has 0 aliphatic carbocycles. The third-order valence-corrected chi connectivity index (χ3v) is 6.29. The summed E-state index contributed by atoms with van der Waals surface area (Å²) in [6, 6.07) is 5.27. The highest BCUT2D eigenvalue weighted by Gasteiger charge is 2.36. The average molecular weight is 456 g/mol. The van der Waals surface area contributed by atoms with Crippen molar-refractivity contribution in [3.8, 4) is 11.5 Å². The van der Waals surface area contributed by atoms with Crippen LogP contribution in [0, 0.1) is 0 Å². The fraction of sp³-hybridized carbons (Fsp3) is 0.478. The molecule has 0 spiro atoms. The van der Waals surface area contributed by atoms with Gasteiger partial charge < -0.3 is 25.0 Å². The number of carbonyl (C=O) groups is 2. The Labute approximate surface area is 191 Å². The molecular formula is C23H29N5O5. The number of amides is 2. The quantitative estimate of drug-likeness (QED) is 0.611. The van der Waals surface area contributed by atoms with Gasteiger partial charge in [-0.3, -0.25) is 19.4 Å². The summed E-state index contributed by atoms with van der Waals surface area (Å²) in [6.45, 7) is 2.89. The Balaban J connectivity index is 1.67. The Morgan fingerprint density at radius 2 is 2.06 bits per heavy atom. The fourth-order valence-electron chi connectivity index (χ4n) is 4.55. The van der Waals surface area contributed by atoms with Gasteiger partial charge in [0.2, 0.25) is 17.8 Å². The largest absolute Gasteiger partial charge is 0.497 e. The minimum atomic E-state index is -0.988. The molecule has 0 radical (unpaired) electrons. The van der Waals surface area contributed by atoms with E-state index in [4.69, 9.17) is 9.47 Å². The smallest absolute Gasteiger partial charge is 0.258 e. The number of aromatic amines is 1. The van der Waals surface area contributed by atoms with Crippen molar-refractivity contribution in [3.05, 3.63) is 34.1 Å². The number of ether oxygens (including phenoxy) is 2. The standard InChI is InChI=1S/C23H29N5O5/c1-4-13-7-5-6-10-28(13)23-26-20-19(22(31)27-23)15(12-18(29)25-20)21(30)24-16-11-14(32-2)8-9-17(16)33-3/h8-9,11,13,15H,4-7,10,12H2,1-3H3,(H,24,30)(H2,25,26,27,29,31)/t13-,15-/m0/s1. The molecule has 176 valence electrons. The molecule has 3 N–H and O–H groups in total. The molecule has 1 fully saturated rings. The van der Waals surface area contributed by atoms with Gasteiger partial charge in [0.05, 0.1) is 31.4 Å². The van der Waals surface area contributed by atoms with Gasteiger partial charge in [0.15, 0.2) is 0 Å². The van der Waals surface area contributed by atoms with E-state index in [1.54, 1.807) is 18.2 Å². The van der Waals surface area contributed by atoms with Crippen LogP contribution in [0.1, 0.15) is 50.5 Å². The second-order valence-electron chi connectivity index (χ2n) is 8.26. The van der Waals surface area contributed by atoms with E-state index in [2.05, 4.69) is 32.4 Å². The number of hydrogen-bond donors (Lipinski definition) is 3. The van der Waals surface area contributed by atoms with Gasteiger partial charge in [-0.25, -0.2) is 0 Å². The number of fused-ring (bicyclic) bond motifs is 1. The summed E-state index contributed by atoms with van der Waals surface area (Å²) in [5.74, 6) is -0.313. The number of methoxy groups -OCH3 is 2. The minimum Gasteiger partial charge on any atom is -0.497 e. The van der Waals surface area contributed by atoms with E-state index in [1.165, 1.54) is 14.2 Å². The lowest BCUT2D eigenvalue weighted by Gasteiger charge is -2.36. The maximum absolute atomic E-state index is 13.2. The number of anilines is 3. The number of nitrogens with zero attached hydrogens (tertiary/aromatic N) is 2. The van der Waals surface area contributed by atoms with Crippen molar-refractivity contribution in [2.45, 2.75) is 51.0 Å². The van der Waals surface area contributed by atoms with E-state index in [9.17, 15) is 14.4 Å². The summed E-state index contributed by atoms with van der Waals surface area (Å²) in [7, 11) is 3.00. The van der Waals surface area contributed by atoms with E-state index < -0.39 is 17.4 Å². The van der Waals surface area contributed by atoms with Gasteiger partial charge >= 0.3 is 0 Å². The van der Waals surface area contributed by atoms with Crippen LogP contribution in [-0.2, 0) is 9.59 Å². The van der Waals surface area contributed by atoms with Gasteiger partial charge in [-0.2, -0.15) is 4.98 Å². The molecule has 1 aromatic carbocycles. The van der Waals surface area contributed by atoms with Crippen LogP contribution in [0.5, 0.6) is 11.5 Å². The first-order chi connectivity index (χ1) is 15.9. The lowest BCUT2D eigenvalue weighted by Crippen LogP contribution is -2.43. The van der Waals surface area contributed by atoms with Crippen LogP contribution < -0.4 is 30.6 Å². The van der Waals surface area contributed by atoms with Crippen molar-refractivity contribution in [1.82, 2.24) is 9.97 Å². The predicted octanol–water partition coefficient (Wildman–Crippen LogP) is 2.62. The van der Waals surface area contributed by atoms with Crippen LogP contribution in [0.4, 0.5) is 17.5 Å². The molecule has 2 amide bonds. The van der Waals surface area contributed by atoms with Crippen molar-refractivity contribution in [2.75, 3.05) is 36.3 Å². The first-order valence-electron chi connectivity index (χ1n) is 11.2. The first kappa shape index (κ1) is 22.6. The number of piperidine rings is 1. The molecule has 0 unspecified atom stereocenters. The molecule has 0 bridgehead atoms. The predicted molar refractivity (Wildman–Crippen MR) is 124 cm³/mol. The van der Waals surface area contributed by atoms with Crippen LogP contribution in [0.15, 0.2) is 23.0 Å². The Kier molecular flexibility index (Phi) is 6.52. The lowest BCUT2D eigenvalue weighted by molar-refractivity contribution is -0.123. The topological polar surface area (TPSA) is 126 Å². The summed E-state index contributed by atoms with van der Waals surface area (Å²) in [4.78, 5) is 48.3. The Bertz CT molecular complexity index is 1110. The molecule has 1 saturated heterocycles. The second kappa shape index (κ2) is 9.51. The molecule has 2 aliphatic heterocycles. The molecule has 2 aliphatic rings. The normalized spacial score (nSPS) is 20.0. The van der Waals surface area contributed by atoms with Gasteiger partial charge in [0.25, 0.3) is 5.56 Å². The van der Waals surface area contributed by atoms with Gasteiger partial charge in [-0.05, 0) is 37.8 Å². The number of aromatic nitrogens is 2. The molecule has 33 heavy (non-hydrogen) atoms. The Morgan fingerprint density at radius 1 is 1.24 bits per heavy atom. The van der Waals surface area contributed by atoms with Gasteiger partial charge in [0, 0.05) is 25.1 Å². The molecule has 1 aromatic heterocycles. The molecule has 10 nitrogen and oxygen atoms in total. The summed E-state index contributed by atoms with van der Waals surface area (Å²) in [5, 5.41) is 5.45. The molecule has 10 heteroatoms. The van der Waals surface area contributed by atoms with Gasteiger partial charge in [0.1, 0.15) is 17.3 Å². The number of rotatable bonds is 6. The Morgan fingerprint density at radius 3 is 2.79 bits per heavy atom. The summed E-state index contributed by atoms with van der Waals surface area (Å²) in [6.07, 6.45) is 3.95. The number of H-pyrrole nitrogens is 1. The van der Waals surface area contributed by atoms with Crippen molar-refractivity contribution >= 4 is 29.3 Å². The lowest BCUT2D eigenvalue weighted by atomic mass is 9.92. The third kappa shape index (κ3) is 4.50. The third-order valence-electron chi connectivity index (χ3n) is 6.29. The summed E-state index contributed by atoms with van der Waals surface area (Å²) < 4.78 is 10.5. The highest BCUT2D eigenvalue weighted by molar-refractivity contribution is 6.05. The zero-order chi connectivity index (χ0) is 23.5. The van der Waals surface area contributed by atoms with E-state index >= 15 is 0 Å². The van der Waals surface area contributed by atoms with E-state index in [0.29, 0.717) is 23.1 Å². The van der Waals surface area contributed by atoms with Crippen LogP contribution >= 0.6 is 0 Å². The van der Waals surface area contributed by atoms with Crippen molar-refractivity contribution in [2.24, 2.45) is 0 Å². The number of carbonyl (C=O) groups excluding carboxylic acids is 2. The second-order valence-corrected chi connectivity index (χ2v) is 8.26. The van der Waals surface area contributed by atoms with Crippen LogP contribution in [0.3, 0.4) is 0 Å². The summed E-state index contributed by atoms with van der Waals surface area (Å²) in [5.41, 5.74) is 0.116. The average Bonchev–Trinajstić information content (AvgIpc) is 2.82. The monoisotopic (exact) mass is 455 g/mol. The maximum atomic E-state index is 13.2. The number of nitrogens with one attached hydrogen (secondary N) is 3. The first-order valence-corrected chi connectivity index (χ1v) is 11.2. The Hall–Kier alpha value is -3.56. The SMILES string of the molecule is CC[C@H]1CCCCN1c1nc2c(c(=O)[nH]1)[C@@H](C(=O)Nc1cc(OC)ccc1OC)CC(=O)N2. The molecular weight excluding hydrogens is 426 g/mol. The van der Waals surface area contributed by atoms with Crippen LogP contribution in [-0.4, -0.2) is 48.6 Å². The van der Waals surface area contributed by atoms with E-state index in [-0.39, 0.29) is 29.8 Å². The zero-order valence-electron chi connectivity index (χ0n) is 19.1. The highest BCUT2D eigenvalue weighted by Crippen LogP contribution is 2.34. The zero-order valence-corrected chi connectivity index (χ0v) is 19.1. The number of benzene rings is 1. The molecule has 0 saturated carbocycles. The highest BCUT2D eigenvalue weighted by atomic mass is 16.5. The van der Waals surface area contributed by atoms with E-state index in [0.717, 1.165) is 32.2 Å². The minimum absolute atomic E-state index is 0.142. The number of hydrogen-bond acceptors (Lipinski definition) is 7. The van der Waals surface area contributed by atoms with Crippen molar-refractivity contribution < 1.29 is 19.1 Å². The van der Waals surface area contributed by atoms with E-state index in [1.807, 2.05) is 0 Å². The maximum Gasteiger partial charge on any atom is 0.258 e. The van der Waals surface area contributed by atoms with Crippen molar-refractivity contribution in [1.29, 1.82) is 0 Å². The summed E-state index contributed by atoms with van der Waals surface area (Å²) >= 11 is 0. The van der Waals surface area contributed by atoms with Crippen molar-refractivity contribution in [3.63, 3.8) is 0 Å². The molecule has 4 rings (SSSR count).